The minimum atomic E-state index is -0.418. The molecular weight excluding hydrogens is 338 g/mol. The molecule has 0 bridgehead atoms. The average molecular weight is 359 g/mol. The van der Waals surface area contributed by atoms with Crippen molar-refractivity contribution in [2.75, 3.05) is 39.9 Å². The molecule has 1 aromatic carbocycles. The Labute approximate surface area is 151 Å². The first-order chi connectivity index (χ1) is 12.5. The second kappa shape index (κ2) is 6.51. The Bertz CT molecular complexity index is 765. The van der Waals surface area contributed by atoms with E-state index in [2.05, 4.69) is 0 Å². The van der Waals surface area contributed by atoms with Crippen molar-refractivity contribution in [1.29, 1.82) is 0 Å². The first-order valence-corrected chi connectivity index (χ1v) is 8.79. The van der Waals surface area contributed by atoms with E-state index in [1.807, 2.05) is 18.2 Å². The normalized spacial score (nSPS) is 22.3. The van der Waals surface area contributed by atoms with Crippen molar-refractivity contribution >= 4 is 17.8 Å². The molecule has 3 heterocycles. The number of carbonyl (C=O) groups is 3. The molecule has 138 valence electrons. The highest BCUT2D eigenvalue weighted by Gasteiger charge is 2.38. The van der Waals surface area contributed by atoms with Gasteiger partial charge < -0.3 is 19.3 Å². The number of hydrogen-bond donors (Lipinski definition) is 0. The number of likely N-dealkylation sites (tertiary alicyclic amines) is 1. The molecule has 2 fully saturated rings. The highest BCUT2D eigenvalue weighted by Crippen LogP contribution is 2.38. The summed E-state index contributed by atoms with van der Waals surface area (Å²) in [6.07, 6.45) is 1.72. The van der Waals surface area contributed by atoms with Crippen LogP contribution >= 0.6 is 0 Å². The molecule has 3 aliphatic heterocycles. The lowest BCUT2D eigenvalue weighted by molar-refractivity contribution is -0.137. The molecule has 0 N–H and O–H groups in total. The van der Waals surface area contributed by atoms with E-state index in [4.69, 9.17) is 9.47 Å². The molecule has 8 nitrogen and oxygen atoms in total. The van der Waals surface area contributed by atoms with Crippen LogP contribution in [0.25, 0.3) is 0 Å². The lowest BCUT2D eigenvalue weighted by atomic mass is 10.0. The monoisotopic (exact) mass is 359 g/mol. The number of amides is 4. The van der Waals surface area contributed by atoms with Gasteiger partial charge in [-0.2, -0.15) is 0 Å². The fourth-order valence-electron chi connectivity index (χ4n) is 3.73. The molecule has 0 radical (unpaired) electrons. The van der Waals surface area contributed by atoms with Gasteiger partial charge in [-0.05, 0) is 30.5 Å². The SMILES string of the molecule is CN1CC(=O)N(CC(=O)N2CCC[C@H]2c2ccc3c(c2)OCCO3)C1=O. The molecule has 1 aromatic rings. The highest BCUT2D eigenvalue weighted by atomic mass is 16.6. The number of nitrogens with zero attached hydrogens (tertiary/aromatic N) is 3. The van der Waals surface area contributed by atoms with Gasteiger partial charge in [0.1, 0.15) is 26.3 Å². The minimum Gasteiger partial charge on any atom is -0.486 e. The number of likely N-dealkylation sites (N-methyl/N-ethyl adjacent to an activating group) is 1. The van der Waals surface area contributed by atoms with Gasteiger partial charge in [-0.3, -0.25) is 14.5 Å². The molecule has 0 unspecified atom stereocenters. The summed E-state index contributed by atoms with van der Waals surface area (Å²) in [5, 5.41) is 0. The summed E-state index contributed by atoms with van der Waals surface area (Å²) >= 11 is 0. The smallest absolute Gasteiger partial charge is 0.327 e. The van der Waals surface area contributed by atoms with Crippen LogP contribution in [0.3, 0.4) is 0 Å². The van der Waals surface area contributed by atoms with E-state index in [-0.39, 0.29) is 30.9 Å². The number of rotatable bonds is 3. The molecule has 2 saturated heterocycles. The molecule has 0 aromatic heterocycles. The third-order valence-corrected chi connectivity index (χ3v) is 5.05. The van der Waals surface area contributed by atoms with Crippen molar-refractivity contribution in [3.8, 4) is 11.5 Å². The van der Waals surface area contributed by atoms with Crippen LogP contribution in [0.4, 0.5) is 4.79 Å². The number of hydrogen-bond acceptors (Lipinski definition) is 5. The predicted molar refractivity (Wildman–Crippen MR) is 90.9 cm³/mol. The zero-order valence-electron chi connectivity index (χ0n) is 14.6. The molecule has 3 aliphatic rings. The van der Waals surface area contributed by atoms with Gasteiger partial charge in [0.25, 0.3) is 5.91 Å². The summed E-state index contributed by atoms with van der Waals surface area (Å²) in [7, 11) is 1.55. The molecule has 0 aliphatic carbocycles. The summed E-state index contributed by atoms with van der Waals surface area (Å²) in [5.41, 5.74) is 0.983. The van der Waals surface area contributed by atoms with Crippen molar-refractivity contribution in [3.05, 3.63) is 23.8 Å². The van der Waals surface area contributed by atoms with Crippen LogP contribution in [-0.4, -0.2) is 72.4 Å². The maximum atomic E-state index is 12.8. The quantitative estimate of drug-likeness (QED) is 0.753. The summed E-state index contributed by atoms with van der Waals surface area (Å²) in [4.78, 5) is 40.8. The van der Waals surface area contributed by atoms with Gasteiger partial charge in [0.2, 0.25) is 5.91 Å². The summed E-state index contributed by atoms with van der Waals surface area (Å²) in [6.45, 7) is 1.48. The lowest BCUT2D eigenvalue weighted by Gasteiger charge is -2.28. The first kappa shape index (κ1) is 16.7. The standard InChI is InChI=1S/C18H21N3O5/c1-19-10-16(22)21(18(19)24)11-17(23)20-6-2-3-13(20)12-4-5-14-15(9-12)26-8-7-25-14/h4-5,9,13H,2-3,6-8,10-11H2,1H3/t13-/m0/s1. The Kier molecular flexibility index (Phi) is 4.18. The van der Waals surface area contributed by atoms with Crippen molar-refractivity contribution < 1.29 is 23.9 Å². The molecule has 4 rings (SSSR count). The van der Waals surface area contributed by atoms with Gasteiger partial charge in [0.05, 0.1) is 6.04 Å². The number of ether oxygens (including phenoxy) is 2. The summed E-state index contributed by atoms with van der Waals surface area (Å²) in [6, 6.07) is 5.24. The fraction of sp³-hybridized carbons (Fsp3) is 0.500. The average Bonchev–Trinajstić information content (AvgIpc) is 3.22. The fourth-order valence-corrected chi connectivity index (χ4v) is 3.73. The highest BCUT2D eigenvalue weighted by molar-refractivity contribution is 6.04. The maximum absolute atomic E-state index is 12.8. The van der Waals surface area contributed by atoms with Crippen LogP contribution in [0.1, 0.15) is 24.4 Å². The molecule has 0 spiro atoms. The lowest BCUT2D eigenvalue weighted by Crippen LogP contribution is -2.43. The third-order valence-electron chi connectivity index (χ3n) is 5.05. The number of fused-ring (bicyclic) bond motifs is 1. The number of benzene rings is 1. The Morgan fingerprint density at radius 1 is 1.19 bits per heavy atom. The molecule has 26 heavy (non-hydrogen) atoms. The van der Waals surface area contributed by atoms with E-state index in [1.54, 1.807) is 11.9 Å². The summed E-state index contributed by atoms with van der Waals surface area (Å²) in [5.74, 6) is 0.868. The van der Waals surface area contributed by atoms with E-state index in [0.29, 0.717) is 31.3 Å². The van der Waals surface area contributed by atoms with E-state index in [9.17, 15) is 14.4 Å². The van der Waals surface area contributed by atoms with E-state index in [1.165, 1.54) is 4.90 Å². The van der Waals surface area contributed by atoms with Gasteiger partial charge in [-0.15, -0.1) is 0 Å². The maximum Gasteiger partial charge on any atom is 0.327 e. The first-order valence-electron chi connectivity index (χ1n) is 8.79. The molecule has 0 saturated carbocycles. The number of carbonyl (C=O) groups excluding carboxylic acids is 3. The Morgan fingerprint density at radius 3 is 2.69 bits per heavy atom. The van der Waals surface area contributed by atoms with Crippen molar-refractivity contribution in [2.45, 2.75) is 18.9 Å². The molecule has 4 amide bonds. The molecule has 1 atom stereocenters. The van der Waals surface area contributed by atoms with Gasteiger partial charge in [0.15, 0.2) is 11.5 Å². The van der Waals surface area contributed by atoms with E-state index >= 15 is 0 Å². The Hall–Kier alpha value is -2.77. The van der Waals surface area contributed by atoms with Crippen LogP contribution in [0.5, 0.6) is 11.5 Å². The van der Waals surface area contributed by atoms with E-state index in [0.717, 1.165) is 23.3 Å². The zero-order chi connectivity index (χ0) is 18.3. The molecular formula is C18H21N3O5. The second-order valence-electron chi connectivity index (χ2n) is 6.77. The van der Waals surface area contributed by atoms with Gasteiger partial charge in [-0.25, -0.2) is 4.79 Å². The van der Waals surface area contributed by atoms with Crippen LogP contribution in [-0.2, 0) is 9.59 Å². The van der Waals surface area contributed by atoms with Gasteiger partial charge in [-0.1, -0.05) is 6.07 Å². The van der Waals surface area contributed by atoms with Crippen molar-refractivity contribution in [1.82, 2.24) is 14.7 Å². The second-order valence-corrected chi connectivity index (χ2v) is 6.77. The van der Waals surface area contributed by atoms with Crippen LogP contribution in [0.2, 0.25) is 0 Å². The number of urea groups is 1. The van der Waals surface area contributed by atoms with Crippen LogP contribution in [0, 0.1) is 0 Å². The minimum absolute atomic E-state index is 0.0255. The zero-order valence-corrected chi connectivity index (χ0v) is 14.6. The topological polar surface area (TPSA) is 79.4 Å². The van der Waals surface area contributed by atoms with Crippen molar-refractivity contribution in [2.24, 2.45) is 0 Å². The van der Waals surface area contributed by atoms with Crippen LogP contribution in [0.15, 0.2) is 18.2 Å². The molecule has 8 heteroatoms. The van der Waals surface area contributed by atoms with E-state index < -0.39 is 6.03 Å². The van der Waals surface area contributed by atoms with Crippen molar-refractivity contribution in [3.63, 3.8) is 0 Å². The largest absolute Gasteiger partial charge is 0.486 e. The van der Waals surface area contributed by atoms with Gasteiger partial charge in [0, 0.05) is 13.6 Å². The third kappa shape index (κ3) is 2.85. The Balaban J connectivity index is 1.50. The van der Waals surface area contributed by atoms with Gasteiger partial charge >= 0.3 is 6.03 Å². The van der Waals surface area contributed by atoms with Crippen LogP contribution < -0.4 is 9.47 Å². The predicted octanol–water partition coefficient (Wildman–Crippen LogP) is 1.02. The Morgan fingerprint density at radius 2 is 1.96 bits per heavy atom. The number of imide groups is 1. The summed E-state index contributed by atoms with van der Waals surface area (Å²) < 4.78 is 11.2.